The Morgan fingerprint density at radius 3 is 0.778 bits per heavy atom. The third-order valence-electron chi connectivity index (χ3n) is 2.17. The first-order valence-corrected chi connectivity index (χ1v) is 6.67. The summed E-state index contributed by atoms with van der Waals surface area (Å²) < 4.78 is 0. The second-order valence-electron chi connectivity index (χ2n) is 3.49. The Morgan fingerprint density at radius 2 is 0.722 bits per heavy atom. The maximum absolute atomic E-state index is 10.4. The molecule has 2 fully saturated rings. The van der Waals surface area contributed by atoms with Crippen molar-refractivity contribution in [3.63, 3.8) is 0 Å². The molecule has 0 aromatic rings. The lowest BCUT2D eigenvalue weighted by atomic mass is 10.2. The van der Waals surface area contributed by atoms with Gasteiger partial charge in [0.15, 0.2) is 22.1 Å². The number of aliphatic hydroxyl groups is 4. The number of hydrogen-bond acceptors (Lipinski definition) is 8. The summed E-state index contributed by atoms with van der Waals surface area (Å²) in [6.45, 7) is 0. The van der Waals surface area contributed by atoms with E-state index in [0.717, 1.165) is 0 Å². The van der Waals surface area contributed by atoms with Crippen LogP contribution in [0.1, 0.15) is 0 Å². The first-order valence-electron chi connectivity index (χ1n) is 4.67. The minimum absolute atomic E-state index is 0.561. The molecule has 4 N–H and O–H groups in total. The van der Waals surface area contributed by atoms with E-state index < -0.39 is 63.7 Å². The summed E-state index contributed by atoms with van der Waals surface area (Å²) in [5.41, 5.74) is -2.25. The Bertz CT molecular complexity index is 334. The van der Waals surface area contributed by atoms with Crippen LogP contribution in [0.3, 0.4) is 0 Å². The molecule has 4 atom stereocenters. The lowest BCUT2D eigenvalue weighted by Crippen LogP contribution is -2.27. The summed E-state index contributed by atoms with van der Waals surface area (Å²) in [5.74, 6) is 0. The fourth-order valence-electron chi connectivity index (χ4n) is 1.11. The van der Waals surface area contributed by atoms with Crippen LogP contribution in [0.15, 0.2) is 0 Å². The predicted molar refractivity (Wildman–Crippen MR) is 60.7 cm³/mol. The highest BCUT2D eigenvalue weighted by molar-refractivity contribution is 7.75. The Hall–Kier alpha value is -0.620. The molecule has 0 amide bonds. The van der Waals surface area contributed by atoms with Crippen molar-refractivity contribution in [2.75, 3.05) is 0 Å². The summed E-state index contributed by atoms with van der Waals surface area (Å²) in [4.78, 5) is 41.5. The predicted octanol–water partition coefficient (Wildman–Crippen LogP) is -3.09. The molecule has 4 unspecified atom stereocenters. The van der Waals surface area contributed by atoms with Gasteiger partial charge in [-0.3, -0.25) is 19.2 Å². The van der Waals surface area contributed by atoms with Gasteiger partial charge in [-0.05, 0) is 0 Å². The molecule has 0 radical (unpaired) electrons. The van der Waals surface area contributed by atoms with Gasteiger partial charge in [-0.15, -0.1) is 0 Å². The van der Waals surface area contributed by atoms with E-state index in [-0.39, 0.29) is 0 Å². The standard InChI is InChI=1S/2C4H5O4P/c2*5-1-2(6)4(8)9-3(1)7/h2*1-2,5-6,9H. The van der Waals surface area contributed by atoms with Crippen LogP contribution in [0.2, 0.25) is 0 Å². The molecule has 100 valence electrons. The molecule has 0 aromatic heterocycles. The van der Waals surface area contributed by atoms with E-state index in [2.05, 4.69) is 0 Å². The molecule has 2 saturated heterocycles. The van der Waals surface area contributed by atoms with Gasteiger partial charge in [0.2, 0.25) is 0 Å². The third-order valence-corrected chi connectivity index (χ3v) is 4.33. The van der Waals surface area contributed by atoms with Crippen molar-refractivity contribution in [1.29, 1.82) is 0 Å². The van der Waals surface area contributed by atoms with E-state index in [4.69, 9.17) is 20.4 Å². The Balaban J connectivity index is 0.000000180. The van der Waals surface area contributed by atoms with Crippen molar-refractivity contribution < 1.29 is 39.6 Å². The van der Waals surface area contributed by atoms with Gasteiger partial charge in [-0.25, -0.2) is 0 Å². The summed E-state index contributed by atoms with van der Waals surface area (Å²) in [7, 11) is -1.12. The molecule has 10 heteroatoms. The zero-order valence-electron chi connectivity index (χ0n) is 8.73. The highest BCUT2D eigenvalue weighted by Gasteiger charge is 2.39. The van der Waals surface area contributed by atoms with Gasteiger partial charge in [-0.2, -0.15) is 0 Å². The molecule has 2 heterocycles. The van der Waals surface area contributed by atoms with Gasteiger partial charge in [0, 0.05) is 17.2 Å². The van der Waals surface area contributed by atoms with Crippen molar-refractivity contribution >= 4 is 39.3 Å². The van der Waals surface area contributed by atoms with E-state index >= 15 is 0 Å². The first kappa shape index (κ1) is 15.4. The molecule has 2 aliphatic heterocycles. The largest absolute Gasteiger partial charge is 0.382 e. The van der Waals surface area contributed by atoms with Crippen LogP contribution >= 0.6 is 17.2 Å². The van der Waals surface area contributed by atoms with Crippen molar-refractivity contribution in [1.82, 2.24) is 0 Å². The van der Waals surface area contributed by atoms with E-state index in [9.17, 15) is 19.2 Å². The number of carbonyl (C=O) groups excluding carboxylic acids is 4. The molecule has 0 aliphatic carbocycles. The van der Waals surface area contributed by atoms with Crippen LogP contribution in [-0.2, 0) is 19.2 Å². The lowest BCUT2D eigenvalue weighted by molar-refractivity contribution is -0.129. The van der Waals surface area contributed by atoms with Gasteiger partial charge in [-0.1, -0.05) is 0 Å². The quantitative estimate of drug-likeness (QED) is 0.343. The number of carbonyl (C=O) groups is 4. The second kappa shape index (κ2) is 6.02. The molecule has 0 spiro atoms. The normalized spacial score (nSPS) is 38.4. The van der Waals surface area contributed by atoms with Gasteiger partial charge >= 0.3 is 0 Å². The summed E-state index contributed by atoms with van der Waals surface area (Å²) in [6, 6.07) is 0. The summed E-state index contributed by atoms with van der Waals surface area (Å²) in [5, 5.41) is 34.5. The Kier molecular flexibility index (Phi) is 5.16. The molecule has 0 bridgehead atoms. The minimum atomic E-state index is -1.46. The summed E-state index contributed by atoms with van der Waals surface area (Å²) in [6.07, 6.45) is -5.85. The monoisotopic (exact) mass is 296 g/mol. The molecule has 18 heavy (non-hydrogen) atoms. The average molecular weight is 296 g/mol. The van der Waals surface area contributed by atoms with Crippen LogP contribution in [0.4, 0.5) is 0 Å². The molecular formula is C8H10O8P2. The average Bonchev–Trinajstić information content (AvgIpc) is 2.66. The number of rotatable bonds is 0. The van der Waals surface area contributed by atoms with Crippen molar-refractivity contribution in [3.8, 4) is 0 Å². The molecule has 8 nitrogen and oxygen atoms in total. The zero-order valence-corrected chi connectivity index (χ0v) is 10.7. The van der Waals surface area contributed by atoms with Gasteiger partial charge in [0.1, 0.15) is 24.4 Å². The maximum Gasteiger partial charge on any atom is 0.190 e. The van der Waals surface area contributed by atoms with Gasteiger partial charge in [0.25, 0.3) is 0 Å². The molecule has 0 saturated carbocycles. The topological polar surface area (TPSA) is 149 Å². The fraction of sp³-hybridized carbons (Fsp3) is 0.500. The van der Waals surface area contributed by atoms with Crippen molar-refractivity contribution in [2.45, 2.75) is 24.4 Å². The third kappa shape index (κ3) is 3.23. The van der Waals surface area contributed by atoms with Gasteiger partial charge in [0.05, 0.1) is 0 Å². The molecule has 2 rings (SSSR count). The van der Waals surface area contributed by atoms with Crippen LogP contribution in [-0.4, -0.2) is 66.9 Å². The highest BCUT2D eigenvalue weighted by Crippen LogP contribution is 2.28. The van der Waals surface area contributed by atoms with Crippen molar-refractivity contribution in [3.05, 3.63) is 0 Å². The van der Waals surface area contributed by atoms with E-state index in [1.165, 1.54) is 0 Å². The van der Waals surface area contributed by atoms with Crippen LogP contribution in [0.25, 0.3) is 0 Å². The maximum atomic E-state index is 10.4. The van der Waals surface area contributed by atoms with Gasteiger partial charge < -0.3 is 20.4 Å². The van der Waals surface area contributed by atoms with Crippen LogP contribution < -0.4 is 0 Å². The second-order valence-corrected chi connectivity index (χ2v) is 5.96. The smallest absolute Gasteiger partial charge is 0.190 e. The van der Waals surface area contributed by atoms with Crippen molar-refractivity contribution in [2.24, 2.45) is 0 Å². The fourth-order valence-corrected chi connectivity index (χ4v) is 2.82. The lowest BCUT2D eigenvalue weighted by Gasteiger charge is -2.00. The Labute approximate surface area is 104 Å². The SMILES string of the molecule is O=C1PC(=O)C(O)C1O.O=C1PC(=O)C(O)C1O. The Morgan fingerprint density at radius 1 is 0.556 bits per heavy atom. The molecular weight excluding hydrogens is 286 g/mol. The molecule has 0 aromatic carbocycles. The minimum Gasteiger partial charge on any atom is -0.382 e. The molecule has 2 aliphatic rings. The van der Waals surface area contributed by atoms with E-state index in [1.807, 2.05) is 0 Å². The zero-order chi connectivity index (χ0) is 14.0. The van der Waals surface area contributed by atoms with E-state index in [1.54, 1.807) is 0 Å². The number of aliphatic hydroxyl groups excluding tert-OH is 4. The summed E-state index contributed by atoms with van der Waals surface area (Å²) >= 11 is 0. The van der Waals surface area contributed by atoms with Crippen LogP contribution in [0.5, 0.6) is 0 Å². The highest BCUT2D eigenvalue weighted by atomic mass is 31.1. The van der Waals surface area contributed by atoms with Crippen LogP contribution in [0, 0.1) is 0 Å². The first-order chi connectivity index (χ1) is 8.25. The van der Waals surface area contributed by atoms with E-state index in [0.29, 0.717) is 0 Å². The number of hydrogen-bond donors (Lipinski definition) is 4.